The number of aryl methyl sites for hydroxylation is 2. The van der Waals surface area contributed by atoms with Crippen LogP contribution in [0.2, 0.25) is 0 Å². The monoisotopic (exact) mass is 363 g/mol. The maximum atomic E-state index is 13.1. The highest BCUT2D eigenvalue weighted by Gasteiger charge is 2.30. The van der Waals surface area contributed by atoms with Crippen molar-refractivity contribution in [2.45, 2.75) is 25.9 Å². The summed E-state index contributed by atoms with van der Waals surface area (Å²) in [7, 11) is 1.96. The third-order valence-electron chi connectivity index (χ3n) is 5.74. The summed E-state index contributed by atoms with van der Waals surface area (Å²) < 4.78 is 2.00. The second-order valence-electron chi connectivity index (χ2n) is 7.43. The number of rotatable bonds is 3. The number of amides is 1. The molecule has 27 heavy (non-hydrogen) atoms. The Balaban J connectivity index is 1.48. The summed E-state index contributed by atoms with van der Waals surface area (Å²) in [5, 5.41) is 11.7. The van der Waals surface area contributed by atoms with Crippen molar-refractivity contribution < 1.29 is 9.90 Å². The van der Waals surface area contributed by atoms with Crippen LogP contribution in [0.4, 0.5) is 0 Å². The van der Waals surface area contributed by atoms with Crippen molar-refractivity contribution in [1.82, 2.24) is 14.5 Å². The van der Waals surface area contributed by atoms with Crippen molar-refractivity contribution in [2.24, 2.45) is 13.0 Å². The van der Waals surface area contributed by atoms with Crippen LogP contribution in [-0.2, 0) is 7.05 Å². The summed E-state index contributed by atoms with van der Waals surface area (Å²) >= 11 is 0. The number of aromatic nitrogens is 2. The molecule has 0 saturated carbocycles. The van der Waals surface area contributed by atoms with Crippen molar-refractivity contribution in [3.05, 3.63) is 65.6 Å². The van der Waals surface area contributed by atoms with Crippen molar-refractivity contribution in [2.75, 3.05) is 13.1 Å². The molecule has 1 aliphatic rings. The Morgan fingerprint density at radius 3 is 2.63 bits per heavy atom. The number of para-hydroxylation sites is 1. The SMILES string of the molecule is Cc1cccc2cc(C(=O)N3CCC([C@@H](O)c4ccccn4)CC3)n(C)c12. The molecule has 1 amide bonds. The van der Waals surface area contributed by atoms with Gasteiger partial charge in [-0.05, 0) is 49.4 Å². The number of hydrogen-bond donors (Lipinski definition) is 1. The van der Waals surface area contributed by atoms with Gasteiger partial charge in [0, 0.05) is 31.7 Å². The van der Waals surface area contributed by atoms with E-state index in [2.05, 4.69) is 24.0 Å². The van der Waals surface area contributed by atoms with Gasteiger partial charge in [0.2, 0.25) is 0 Å². The number of carbonyl (C=O) groups excluding carboxylic acids is 1. The minimum atomic E-state index is -0.566. The Morgan fingerprint density at radius 1 is 1.19 bits per heavy atom. The summed E-state index contributed by atoms with van der Waals surface area (Å²) in [6.07, 6.45) is 2.71. The van der Waals surface area contributed by atoms with Gasteiger partial charge in [-0.3, -0.25) is 9.78 Å². The van der Waals surface area contributed by atoms with Crippen LogP contribution in [0.15, 0.2) is 48.7 Å². The van der Waals surface area contributed by atoms with Gasteiger partial charge in [0.25, 0.3) is 5.91 Å². The predicted molar refractivity (Wildman–Crippen MR) is 105 cm³/mol. The van der Waals surface area contributed by atoms with Gasteiger partial charge in [-0.2, -0.15) is 0 Å². The third kappa shape index (κ3) is 3.23. The van der Waals surface area contributed by atoms with Crippen molar-refractivity contribution in [3.63, 3.8) is 0 Å². The minimum absolute atomic E-state index is 0.0684. The zero-order valence-electron chi connectivity index (χ0n) is 15.8. The summed E-state index contributed by atoms with van der Waals surface area (Å²) in [4.78, 5) is 19.3. The van der Waals surface area contributed by atoms with Gasteiger partial charge in [-0.1, -0.05) is 24.3 Å². The summed E-state index contributed by atoms with van der Waals surface area (Å²) in [5.74, 6) is 0.206. The Bertz CT molecular complexity index is 956. The van der Waals surface area contributed by atoms with E-state index in [1.807, 2.05) is 46.8 Å². The van der Waals surface area contributed by atoms with Crippen LogP contribution in [0, 0.1) is 12.8 Å². The first-order chi connectivity index (χ1) is 13.1. The molecule has 140 valence electrons. The molecule has 1 fully saturated rings. The molecule has 3 heterocycles. The molecule has 3 aromatic rings. The predicted octanol–water partition coefficient (Wildman–Crippen LogP) is 3.47. The Kier molecular flexibility index (Phi) is 4.70. The highest BCUT2D eigenvalue weighted by atomic mass is 16.3. The number of pyridine rings is 1. The Labute approximate surface area is 159 Å². The lowest BCUT2D eigenvalue weighted by Gasteiger charge is -2.34. The summed E-state index contributed by atoms with van der Waals surface area (Å²) in [6.45, 7) is 3.39. The number of piperidine rings is 1. The molecule has 0 radical (unpaired) electrons. The van der Waals surface area contributed by atoms with E-state index in [9.17, 15) is 9.90 Å². The van der Waals surface area contributed by atoms with E-state index in [-0.39, 0.29) is 11.8 Å². The number of aliphatic hydroxyl groups excluding tert-OH is 1. The zero-order valence-corrected chi connectivity index (χ0v) is 15.8. The number of carbonyl (C=O) groups is 1. The van der Waals surface area contributed by atoms with Crippen molar-refractivity contribution in [1.29, 1.82) is 0 Å². The molecule has 0 bridgehead atoms. The van der Waals surface area contributed by atoms with Crippen molar-refractivity contribution >= 4 is 16.8 Å². The number of aliphatic hydroxyl groups is 1. The molecule has 5 nitrogen and oxygen atoms in total. The minimum Gasteiger partial charge on any atom is -0.387 e. The number of nitrogens with zero attached hydrogens (tertiary/aromatic N) is 3. The lowest BCUT2D eigenvalue weighted by Crippen LogP contribution is -2.40. The van der Waals surface area contributed by atoms with Crippen LogP contribution in [0.1, 0.15) is 40.7 Å². The average Bonchev–Trinajstić information content (AvgIpc) is 3.05. The molecule has 5 heteroatoms. The van der Waals surface area contributed by atoms with Gasteiger partial charge < -0.3 is 14.6 Å². The Morgan fingerprint density at radius 2 is 1.96 bits per heavy atom. The molecule has 0 aliphatic carbocycles. The molecule has 2 aromatic heterocycles. The van der Waals surface area contributed by atoms with Crippen LogP contribution in [-0.4, -0.2) is 38.6 Å². The molecule has 1 N–H and O–H groups in total. The fourth-order valence-corrected chi connectivity index (χ4v) is 4.20. The molecule has 1 saturated heterocycles. The van der Waals surface area contributed by atoms with E-state index < -0.39 is 6.10 Å². The average molecular weight is 363 g/mol. The number of likely N-dealkylation sites (tertiary alicyclic amines) is 1. The maximum absolute atomic E-state index is 13.1. The van der Waals surface area contributed by atoms with Gasteiger partial charge in [0.1, 0.15) is 5.69 Å². The van der Waals surface area contributed by atoms with E-state index in [0.29, 0.717) is 18.8 Å². The number of fused-ring (bicyclic) bond motifs is 1. The molecule has 1 aliphatic heterocycles. The fourth-order valence-electron chi connectivity index (χ4n) is 4.20. The van der Waals surface area contributed by atoms with E-state index in [4.69, 9.17) is 0 Å². The molecular weight excluding hydrogens is 338 g/mol. The van der Waals surface area contributed by atoms with Crippen molar-refractivity contribution in [3.8, 4) is 0 Å². The quantitative estimate of drug-likeness (QED) is 0.775. The third-order valence-corrected chi connectivity index (χ3v) is 5.74. The lowest BCUT2D eigenvalue weighted by atomic mass is 9.89. The zero-order chi connectivity index (χ0) is 19.0. The van der Waals surface area contributed by atoms with Gasteiger partial charge >= 0.3 is 0 Å². The first kappa shape index (κ1) is 17.7. The molecule has 1 aromatic carbocycles. The van der Waals surface area contributed by atoms with E-state index in [1.54, 1.807) is 6.20 Å². The summed E-state index contributed by atoms with van der Waals surface area (Å²) in [5.41, 5.74) is 3.72. The number of benzene rings is 1. The van der Waals surface area contributed by atoms with E-state index in [1.165, 1.54) is 5.56 Å². The van der Waals surface area contributed by atoms with Gasteiger partial charge in [0.15, 0.2) is 0 Å². The second-order valence-corrected chi connectivity index (χ2v) is 7.43. The first-order valence-corrected chi connectivity index (χ1v) is 9.49. The molecular formula is C22H25N3O2. The summed E-state index contributed by atoms with van der Waals surface area (Å²) in [6, 6.07) is 13.7. The topological polar surface area (TPSA) is 58.4 Å². The van der Waals surface area contributed by atoms with Crippen LogP contribution in [0.5, 0.6) is 0 Å². The van der Waals surface area contributed by atoms with Crippen LogP contribution in [0.25, 0.3) is 10.9 Å². The highest BCUT2D eigenvalue weighted by molar-refractivity contribution is 5.99. The van der Waals surface area contributed by atoms with Gasteiger partial charge in [-0.25, -0.2) is 0 Å². The second kappa shape index (κ2) is 7.16. The maximum Gasteiger partial charge on any atom is 0.270 e. The highest BCUT2D eigenvalue weighted by Crippen LogP contribution is 2.31. The largest absolute Gasteiger partial charge is 0.387 e. The van der Waals surface area contributed by atoms with E-state index in [0.717, 1.165) is 29.4 Å². The smallest absolute Gasteiger partial charge is 0.270 e. The molecule has 0 spiro atoms. The van der Waals surface area contributed by atoms with Crippen LogP contribution >= 0.6 is 0 Å². The standard InChI is InChI=1S/C22H25N3O2/c1-15-6-5-7-17-14-19(24(2)20(15)17)22(27)25-12-9-16(10-13-25)21(26)18-8-3-4-11-23-18/h3-8,11,14,16,21,26H,9-10,12-13H2,1-2H3/t21-/m1/s1. The number of hydrogen-bond acceptors (Lipinski definition) is 3. The van der Waals surface area contributed by atoms with E-state index >= 15 is 0 Å². The lowest BCUT2D eigenvalue weighted by molar-refractivity contribution is 0.0442. The normalized spacial score (nSPS) is 16.6. The molecule has 1 atom stereocenters. The molecule has 4 rings (SSSR count). The Hall–Kier alpha value is -2.66. The van der Waals surface area contributed by atoms with Gasteiger partial charge in [-0.15, -0.1) is 0 Å². The van der Waals surface area contributed by atoms with Crippen LogP contribution < -0.4 is 0 Å². The van der Waals surface area contributed by atoms with Crippen LogP contribution in [0.3, 0.4) is 0 Å². The van der Waals surface area contributed by atoms with Gasteiger partial charge in [0.05, 0.1) is 17.3 Å². The molecule has 0 unspecified atom stereocenters. The fraction of sp³-hybridized carbons (Fsp3) is 0.364. The first-order valence-electron chi connectivity index (χ1n) is 9.49.